The molecule has 1 aliphatic rings. The Labute approximate surface area is 112 Å². The highest BCUT2D eigenvalue weighted by Gasteiger charge is 2.42. The predicted molar refractivity (Wildman–Crippen MR) is 74.0 cm³/mol. The number of hydrogen-bond acceptors (Lipinski definition) is 2. The van der Waals surface area contributed by atoms with Crippen LogP contribution in [0, 0.1) is 5.82 Å². The summed E-state index contributed by atoms with van der Waals surface area (Å²) in [6, 6.07) is 15.0. The van der Waals surface area contributed by atoms with Crippen LogP contribution < -0.4 is 5.32 Å². The third-order valence-electron chi connectivity index (χ3n) is 3.78. The lowest BCUT2D eigenvalue weighted by molar-refractivity contribution is -0.0380. The predicted octanol–water partition coefficient (Wildman–Crippen LogP) is 3.18. The Kier molecular flexibility index (Phi) is 2.99. The van der Waals surface area contributed by atoms with Gasteiger partial charge in [-0.05, 0) is 35.4 Å². The number of nitrogens with one attached hydrogen (secondary N) is 1. The fraction of sp³-hybridized carbons (Fsp3) is 0.250. The Morgan fingerprint density at radius 2 is 1.74 bits per heavy atom. The van der Waals surface area contributed by atoms with Crippen molar-refractivity contribution in [1.29, 1.82) is 0 Å². The van der Waals surface area contributed by atoms with Gasteiger partial charge in [0.25, 0.3) is 0 Å². The van der Waals surface area contributed by atoms with Crippen LogP contribution in [0.1, 0.15) is 11.1 Å². The zero-order valence-electron chi connectivity index (χ0n) is 10.8. The summed E-state index contributed by atoms with van der Waals surface area (Å²) in [6.07, 6.45) is 0. The summed E-state index contributed by atoms with van der Waals surface area (Å²) >= 11 is 0. The number of rotatable bonds is 3. The highest BCUT2D eigenvalue weighted by molar-refractivity contribution is 5.51. The van der Waals surface area contributed by atoms with Gasteiger partial charge in [-0.2, -0.15) is 0 Å². The van der Waals surface area contributed by atoms with Crippen LogP contribution in [0.15, 0.2) is 48.5 Å². The van der Waals surface area contributed by atoms with Crippen LogP contribution in [0.25, 0.3) is 0 Å². The molecule has 0 aromatic heterocycles. The van der Waals surface area contributed by atoms with Gasteiger partial charge in [0.15, 0.2) is 0 Å². The van der Waals surface area contributed by atoms with Gasteiger partial charge in [0.2, 0.25) is 0 Å². The van der Waals surface area contributed by atoms with E-state index in [0.717, 1.165) is 16.8 Å². The van der Waals surface area contributed by atoms with E-state index >= 15 is 0 Å². The first kappa shape index (κ1) is 12.2. The molecule has 0 aliphatic carbocycles. The van der Waals surface area contributed by atoms with E-state index in [4.69, 9.17) is 4.74 Å². The number of hydrogen-bond donors (Lipinski definition) is 1. The van der Waals surface area contributed by atoms with Crippen LogP contribution in [0.2, 0.25) is 0 Å². The van der Waals surface area contributed by atoms with Crippen molar-refractivity contribution in [2.45, 2.75) is 5.41 Å². The van der Waals surface area contributed by atoms with E-state index in [1.165, 1.54) is 6.07 Å². The molecule has 1 saturated heterocycles. The molecule has 1 fully saturated rings. The van der Waals surface area contributed by atoms with Gasteiger partial charge in [-0.3, -0.25) is 0 Å². The zero-order chi connectivity index (χ0) is 13.3. The van der Waals surface area contributed by atoms with Gasteiger partial charge in [0.1, 0.15) is 5.82 Å². The highest BCUT2D eigenvalue weighted by atomic mass is 19.1. The largest absolute Gasteiger partial charge is 0.388 e. The van der Waals surface area contributed by atoms with Crippen molar-refractivity contribution >= 4 is 5.69 Å². The molecule has 98 valence electrons. The van der Waals surface area contributed by atoms with Crippen molar-refractivity contribution in [3.63, 3.8) is 0 Å². The number of anilines is 1. The minimum atomic E-state index is -0.213. The first-order chi connectivity index (χ1) is 9.24. The molecule has 3 heteroatoms. The number of halogens is 1. The minimum Gasteiger partial charge on any atom is -0.388 e. The molecule has 2 aromatic carbocycles. The van der Waals surface area contributed by atoms with Gasteiger partial charge in [0.05, 0.1) is 18.6 Å². The topological polar surface area (TPSA) is 21.3 Å². The molecule has 2 nitrogen and oxygen atoms in total. The molecule has 1 aliphatic heterocycles. The Balaban J connectivity index is 2.08. The Bertz CT molecular complexity index is 593. The molecular weight excluding hydrogens is 241 g/mol. The van der Waals surface area contributed by atoms with Crippen molar-refractivity contribution in [3.8, 4) is 0 Å². The minimum absolute atomic E-state index is 0.200. The number of benzene rings is 2. The van der Waals surface area contributed by atoms with Crippen LogP contribution in [-0.2, 0) is 10.2 Å². The summed E-state index contributed by atoms with van der Waals surface area (Å²) in [7, 11) is 1.89. The Morgan fingerprint density at radius 3 is 2.32 bits per heavy atom. The van der Waals surface area contributed by atoms with E-state index in [2.05, 4.69) is 17.4 Å². The molecule has 19 heavy (non-hydrogen) atoms. The first-order valence-electron chi connectivity index (χ1n) is 6.37. The zero-order valence-corrected chi connectivity index (χ0v) is 10.8. The molecule has 0 radical (unpaired) electrons. The van der Waals surface area contributed by atoms with Gasteiger partial charge >= 0.3 is 0 Å². The normalized spacial score (nSPS) is 16.7. The van der Waals surface area contributed by atoms with Crippen molar-refractivity contribution in [2.75, 3.05) is 25.6 Å². The van der Waals surface area contributed by atoms with Gasteiger partial charge in [-0.1, -0.05) is 24.3 Å². The van der Waals surface area contributed by atoms with Crippen molar-refractivity contribution in [2.24, 2.45) is 0 Å². The molecular formula is C16H16FNO. The lowest BCUT2D eigenvalue weighted by Crippen LogP contribution is -2.47. The maximum absolute atomic E-state index is 13.5. The molecule has 0 spiro atoms. The maximum Gasteiger partial charge on any atom is 0.123 e. The molecule has 0 unspecified atom stereocenters. The van der Waals surface area contributed by atoms with Crippen molar-refractivity contribution < 1.29 is 9.13 Å². The van der Waals surface area contributed by atoms with Crippen LogP contribution in [0.3, 0.4) is 0 Å². The molecule has 3 rings (SSSR count). The standard InChI is InChI=1S/C16H16FNO/c1-18-15-7-3-5-13(9-15)16(10-19-11-16)12-4-2-6-14(17)8-12/h2-9,18H,10-11H2,1H3. The summed E-state index contributed by atoms with van der Waals surface area (Å²) in [5.41, 5.74) is 2.98. The Morgan fingerprint density at radius 1 is 1.05 bits per heavy atom. The fourth-order valence-electron chi connectivity index (χ4n) is 2.56. The fourth-order valence-corrected chi connectivity index (χ4v) is 2.56. The molecule has 2 aromatic rings. The Hall–Kier alpha value is -1.87. The molecule has 0 bridgehead atoms. The lowest BCUT2D eigenvalue weighted by Gasteiger charge is -2.42. The SMILES string of the molecule is CNc1cccc(C2(c3cccc(F)c3)COC2)c1. The third kappa shape index (κ3) is 2.00. The van der Waals surface area contributed by atoms with Gasteiger partial charge < -0.3 is 10.1 Å². The van der Waals surface area contributed by atoms with Crippen LogP contribution in [0.5, 0.6) is 0 Å². The smallest absolute Gasteiger partial charge is 0.123 e. The maximum atomic E-state index is 13.5. The summed E-state index contributed by atoms with van der Waals surface area (Å²) in [4.78, 5) is 0. The molecule has 0 amide bonds. The summed E-state index contributed by atoms with van der Waals surface area (Å²) in [6.45, 7) is 1.20. The summed E-state index contributed by atoms with van der Waals surface area (Å²) < 4.78 is 18.9. The van der Waals surface area contributed by atoms with Crippen molar-refractivity contribution in [1.82, 2.24) is 0 Å². The first-order valence-corrected chi connectivity index (χ1v) is 6.37. The number of ether oxygens (including phenoxy) is 1. The summed E-state index contributed by atoms with van der Waals surface area (Å²) in [5.74, 6) is -0.200. The van der Waals surface area contributed by atoms with E-state index in [0.29, 0.717) is 13.2 Å². The second kappa shape index (κ2) is 4.67. The van der Waals surface area contributed by atoms with E-state index in [9.17, 15) is 4.39 Å². The lowest BCUT2D eigenvalue weighted by atomic mass is 9.73. The van der Waals surface area contributed by atoms with Crippen molar-refractivity contribution in [3.05, 3.63) is 65.5 Å². The van der Waals surface area contributed by atoms with E-state index in [1.807, 2.05) is 25.2 Å². The van der Waals surface area contributed by atoms with E-state index in [1.54, 1.807) is 12.1 Å². The average Bonchev–Trinajstić information content (AvgIpc) is 2.38. The quantitative estimate of drug-likeness (QED) is 0.911. The summed E-state index contributed by atoms with van der Waals surface area (Å²) in [5, 5.41) is 3.14. The monoisotopic (exact) mass is 257 g/mol. The highest BCUT2D eigenvalue weighted by Crippen LogP contribution is 2.40. The second-order valence-electron chi connectivity index (χ2n) is 4.92. The van der Waals surface area contributed by atoms with Crippen LogP contribution >= 0.6 is 0 Å². The molecule has 1 N–H and O–H groups in total. The van der Waals surface area contributed by atoms with Gasteiger partial charge in [-0.25, -0.2) is 4.39 Å². The van der Waals surface area contributed by atoms with Crippen LogP contribution in [-0.4, -0.2) is 20.3 Å². The van der Waals surface area contributed by atoms with E-state index in [-0.39, 0.29) is 11.2 Å². The molecule has 1 heterocycles. The average molecular weight is 257 g/mol. The van der Waals surface area contributed by atoms with Gasteiger partial charge in [0, 0.05) is 12.7 Å². The van der Waals surface area contributed by atoms with Gasteiger partial charge in [-0.15, -0.1) is 0 Å². The second-order valence-corrected chi connectivity index (χ2v) is 4.92. The third-order valence-corrected chi connectivity index (χ3v) is 3.78. The molecule has 0 atom stereocenters. The van der Waals surface area contributed by atoms with Crippen LogP contribution in [0.4, 0.5) is 10.1 Å². The van der Waals surface area contributed by atoms with E-state index < -0.39 is 0 Å². The molecule has 0 saturated carbocycles.